The minimum atomic E-state index is 0.220. The predicted octanol–water partition coefficient (Wildman–Crippen LogP) is 1.13. The Labute approximate surface area is 101 Å². The van der Waals surface area contributed by atoms with Crippen LogP contribution >= 0.6 is 0 Å². The number of carbonyl (C=O) groups excluding carboxylic acids is 1. The van der Waals surface area contributed by atoms with E-state index in [1.54, 1.807) is 4.90 Å². The third kappa shape index (κ3) is 2.93. The van der Waals surface area contributed by atoms with Crippen molar-refractivity contribution < 1.29 is 4.79 Å². The van der Waals surface area contributed by atoms with Gasteiger partial charge in [0, 0.05) is 37.8 Å². The van der Waals surface area contributed by atoms with Crippen molar-refractivity contribution in [2.75, 3.05) is 18.9 Å². The van der Waals surface area contributed by atoms with Crippen LogP contribution in [0.2, 0.25) is 0 Å². The molecule has 92 valence electrons. The first-order valence-electron chi connectivity index (χ1n) is 5.87. The number of amides is 1. The van der Waals surface area contributed by atoms with E-state index in [0.717, 1.165) is 30.3 Å². The van der Waals surface area contributed by atoms with E-state index in [0.29, 0.717) is 6.42 Å². The fourth-order valence-corrected chi connectivity index (χ4v) is 2.13. The number of piperidine rings is 1. The van der Waals surface area contributed by atoms with Gasteiger partial charge >= 0.3 is 0 Å². The zero-order chi connectivity index (χ0) is 12.4. The molecule has 1 amide bonds. The summed E-state index contributed by atoms with van der Waals surface area (Å²) in [4.78, 5) is 21.7. The Morgan fingerprint density at radius 1 is 1.41 bits per heavy atom. The van der Waals surface area contributed by atoms with Crippen LogP contribution in [0.1, 0.15) is 24.4 Å². The number of aryl methyl sites for hydroxylation is 2. The fraction of sp³-hybridized carbons (Fsp3) is 0.583. The molecule has 1 aromatic rings. The van der Waals surface area contributed by atoms with Crippen LogP contribution in [0.4, 0.5) is 5.82 Å². The number of hydrogen-bond acceptors (Lipinski definition) is 4. The normalized spacial score (nSPS) is 20.5. The molecule has 0 aromatic carbocycles. The molecule has 2 heterocycles. The largest absolute Gasteiger partial charge is 0.365 e. The average molecular weight is 234 g/mol. The van der Waals surface area contributed by atoms with Crippen molar-refractivity contribution in [1.82, 2.24) is 14.9 Å². The van der Waals surface area contributed by atoms with Gasteiger partial charge in [-0.05, 0) is 20.3 Å². The Hall–Kier alpha value is -1.65. The van der Waals surface area contributed by atoms with Crippen molar-refractivity contribution in [2.24, 2.45) is 0 Å². The topological polar surface area (TPSA) is 58.1 Å². The molecule has 1 saturated heterocycles. The van der Waals surface area contributed by atoms with Gasteiger partial charge in [0.1, 0.15) is 11.6 Å². The van der Waals surface area contributed by atoms with Crippen LogP contribution in [0, 0.1) is 13.8 Å². The number of carbonyl (C=O) groups is 1. The molecule has 1 aliphatic heterocycles. The van der Waals surface area contributed by atoms with Crippen molar-refractivity contribution in [1.29, 1.82) is 0 Å². The lowest BCUT2D eigenvalue weighted by Crippen LogP contribution is -2.43. The molecule has 0 radical (unpaired) electrons. The zero-order valence-electron chi connectivity index (χ0n) is 10.5. The Kier molecular flexibility index (Phi) is 3.26. The summed E-state index contributed by atoms with van der Waals surface area (Å²) in [5.41, 5.74) is 0.959. The summed E-state index contributed by atoms with van der Waals surface area (Å²) in [7, 11) is 1.84. The summed E-state index contributed by atoms with van der Waals surface area (Å²) in [5.74, 6) is 1.84. The van der Waals surface area contributed by atoms with Gasteiger partial charge in [0.25, 0.3) is 0 Å². The Balaban J connectivity index is 2.03. The summed E-state index contributed by atoms with van der Waals surface area (Å²) < 4.78 is 0. The van der Waals surface area contributed by atoms with Gasteiger partial charge < -0.3 is 10.2 Å². The highest BCUT2D eigenvalue weighted by atomic mass is 16.2. The molecule has 5 nitrogen and oxygen atoms in total. The van der Waals surface area contributed by atoms with Gasteiger partial charge in [-0.15, -0.1) is 0 Å². The Morgan fingerprint density at radius 2 is 2.18 bits per heavy atom. The average Bonchev–Trinajstić information content (AvgIpc) is 2.22. The van der Waals surface area contributed by atoms with Gasteiger partial charge in [-0.2, -0.15) is 0 Å². The first-order chi connectivity index (χ1) is 8.04. The number of likely N-dealkylation sites (tertiary alicyclic amines) is 1. The van der Waals surface area contributed by atoms with E-state index in [1.807, 2.05) is 27.0 Å². The van der Waals surface area contributed by atoms with Crippen molar-refractivity contribution in [3.8, 4) is 0 Å². The van der Waals surface area contributed by atoms with Crippen LogP contribution in [0.25, 0.3) is 0 Å². The van der Waals surface area contributed by atoms with Gasteiger partial charge in [0.2, 0.25) is 5.91 Å². The zero-order valence-corrected chi connectivity index (χ0v) is 10.5. The number of anilines is 1. The van der Waals surface area contributed by atoms with Crippen LogP contribution in [0.3, 0.4) is 0 Å². The van der Waals surface area contributed by atoms with Crippen molar-refractivity contribution >= 4 is 11.7 Å². The summed E-state index contributed by atoms with van der Waals surface area (Å²) in [6.07, 6.45) is 1.47. The van der Waals surface area contributed by atoms with Crippen molar-refractivity contribution in [3.63, 3.8) is 0 Å². The smallest absolute Gasteiger partial charge is 0.222 e. The second-order valence-corrected chi connectivity index (χ2v) is 4.60. The van der Waals surface area contributed by atoms with E-state index in [9.17, 15) is 4.79 Å². The van der Waals surface area contributed by atoms with Crippen LogP contribution in [-0.2, 0) is 4.79 Å². The molecule has 1 fully saturated rings. The van der Waals surface area contributed by atoms with Crippen molar-refractivity contribution in [2.45, 2.75) is 32.7 Å². The van der Waals surface area contributed by atoms with E-state index in [-0.39, 0.29) is 11.9 Å². The molecule has 0 saturated carbocycles. The van der Waals surface area contributed by atoms with E-state index in [4.69, 9.17) is 0 Å². The predicted molar refractivity (Wildman–Crippen MR) is 65.8 cm³/mol. The molecule has 17 heavy (non-hydrogen) atoms. The number of hydrogen-bond donors (Lipinski definition) is 1. The molecule has 1 N–H and O–H groups in total. The molecule has 1 aromatic heterocycles. The lowest BCUT2D eigenvalue weighted by Gasteiger charge is -2.30. The lowest BCUT2D eigenvalue weighted by atomic mass is 10.1. The molecule has 2 rings (SSSR count). The minimum Gasteiger partial charge on any atom is -0.365 e. The first-order valence-corrected chi connectivity index (χ1v) is 5.87. The Morgan fingerprint density at radius 3 is 2.82 bits per heavy atom. The molecule has 1 unspecified atom stereocenters. The molecular weight excluding hydrogens is 216 g/mol. The van der Waals surface area contributed by atoms with E-state index in [2.05, 4.69) is 15.3 Å². The van der Waals surface area contributed by atoms with E-state index in [1.165, 1.54) is 0 Å². The second kappa shape index (κ2) is 4.69. The highest BCUT2D eigenvalue weighted by Gasteiger charge is 2.22. The summed E-state index contributed by atoms with van der Waals surface area (Å²) >= 11 is 0. The third-order valence-corrected chi connectivity index (χ3v) is 2.94. The molecule has 1 atom stereocenters. The molecule has 0 aliphatic carbocycles. The monoisotopic (exact) mass is 234 g/mol. The standard InChI is InChI=1S/C12H18N4O/c1-8-6-11(14-9(2)13-8)15-10-4-5-12(17)16(3)7-10/h6,10H,4-5,7H2,1-3H3,(H,13,14,15). The quantitative estimate of drug-likeness (QED) is 0.833. The maximum Gasteiger partial charge on any atom is 0.222 e. The molecular formula is C12H18N4O. The minimum absolute atomic E-state index is 0.220. The molecule has 1 aliphatic rings. The lowest BCUT2D eigenvalue weighted by molar-refractivity contribution is -0.132. The van der Waals surface area contributed by atoms with Gasteiger partial charge in [-0.1, -0.05) is 0 Å². The molecule has 0 spiro atoms. The highest BCUT2D eigenvalue weighted by Crippen LogP contribution is 2.15. The maximum absolute atomic E-state index is 11.4. The van der Waals surface area contributed by atoms with E-state index >= 15 is 0 Å². The second-order valence-electron chi connectivity index (χ2n) is 4.60. The number of nitrogens with one attached hydrogen (secondary N) is 1. The van der Waals surface area contributed by atoms with Gasteiger partial charge in [0.15, 0.2) is 0 Å². The van der Waals surface area contributed by atoms with Crippen molar-refractivity contribution in [3.05, 3.63) is 17.6 Å². The van der Waals surface area contributed by atoms with Gasteiger partial charge in [-0.25, -0.2) is 9.97 Å². The van der Waals surface area contributed by atoms with Crippen LogP contribution in [-0.4, -0.2) is 40.4 Å². The third-order valence-electron chi connectivity index (χ3n) is 2.94. The number of likely N-dealkylation sites (N-methyl/N-ethyl adjacent to an activating group) is 1. The Bertz CT molecular complexity index is 412. The van der Waals surface area contributed by atoms with Crippen LogP contribution in [0.15, 0.2) is 6.07 Å². The summed E-state index contributed by atoms with van der Waals surface area (Å²) in [6.45, 7) is 4.58. The number of aromatic nitrogens is 2. The fourth-order valence-electron chi connectivity index (χ4n) is 2.13. The number of nitrogens with zero attached hydrogens (tertiary/aromatic N) is 3. The van der Waals surface area contributed by atoms with Crippen LogP contribution in [0.5, 0.6) is 0 Å². The summed E-state index contributed by atoms with van der Waals surface area (Å²) in [6, 6.07) is 2.22. The van der Waals surface area contributed by atoms with E-state index < -0.39 is 0 Å². The van der Waals surface area contributed by atoms with Gasteiger partial charge in [-0.3, -0.25) is 4.79 Å². The SMILES string of the molecule is Cc1cc(NC2CCC(=O)N(C)C2)nc(C)n1. The highest BCUT2D eigenvalue weighted by molar-refractivity contribution is 5.77. The van der Waals surface area contributed by atoms with Crippen LogP contribution < -0.4 is 5.32 Å². The summed E-state index contributed by atoms with van der Waals surface area (Å²) in [5, 5.41) is 3.37. The molecule has 5 heteroatoms. The first kappa shape index (κ1) is 11.8. The molecule has 0 bridgehead atoms. The maximum atomic E-state index is 11.4. The number of rotatable bonds is 2. The van der Waals surface area contributed by atoms with Gasteiger partial charge in [0.05, 0.1) is 0 Å².